The van der Waals surface area contributed by atoms with Crippen LogP contribution in [0.4, 0.5) is 0 Å². The number of benzene rings is 1. The lowest BCUT2D eigenvalue weighted by Gasteiger charge is -2.19. The minimum absolute atomic E-state index is 0.242. The Hall–Kier alpha value is -0.570. The number of halogens is 2. The first-order valence-electron chi connectivity index (χ1n) is 7.09. The van der Waals surface area contributed by atoms with E-state index in [1.54, 1.807) is 12.1 Å². The van der Waals surface area contributed by atoms with E-state index in [0.29, 0.717) is 41.3 Å². The Bertz CT molecular complexity index is 446. The Morgan fingerprint density at radius 3 is 2.45 bits per heavy atom. The summed E-state index contributed by atoms with van der Waals surface area (Å²) in [5, 5.41) is 1.02. The number of carbonyl (C=O) groups is 1. The second kappa shape index (κ2) is 8.66. The van der Waals surface area contributed by atoms with E-state index in [0.717, 1.165) is 18.4 Å². The first-order valence-corrected chi connectivity index (χ1v) is 7.85. The lowest BCUT2D eigenvalue weighted by Crippen LogP contribution is -2.16. The highest BCUT2D eigenvalue weighted by Gasteiger charge is 2.14. The van der Waals surface area contributed by atoms with E-state index in [4.69, 9.17) is 28.9 Å². The molecule has 0 aliphatic heterocycles. The lowest BCUT2D eigenvalue weighted by atomic mass is 9.87. The highest BCUT2D eigenvalue weighted by molar-refractivity contribution is 6.42. The molecule has 0 spiro atoms. The van der Waals surface area contributed by atoms with Crippen LogP contribution in [0.25, 0.3) is 0 Å². The van der Waals surface area contributed by atoms with Crippen LogP contribution in [0.3, 0.4) is 0 Å². The fourth-order valence-electron chi connectivity index (χ4n) is 2.34. The van der Waals surface area contributed by atoms with Gasteiger partial charge in [0.25, 0.3) is 0 Å². The molecular formula is C16H23Cl2NO. The summed E-state index contributed by atoms with van der Waals surface area (Å²) in [6, 6.07) is 5.35. The van der Waals surface area contributed by atoms with Crippen molar-refractivity contribution in [2.75, 3.05) is 6.54 Å². The molecule has 1 aromatic carbocycles. The van der Waals surface area contributed by atoms with Crippen molar-refractivity contribution >= 4 is 29.0 Å². The molecule has 20 heavy (non-hydrogen) atoms. The minimum Gasteiger partial charge on any atom is -0.330 e. The second-order valence-electron chi connectivity index (χ2n) is 5.58. The van der Waals surface area contributed by atoms with Crippen molar-refractivity contribution in [1.29, 1.82) is 0 Å². The van der Waals surface area contributed by atoms with Crippen molar-refractivity contribution in [3.63, 3.8) is 0 Å². The summed E-state index contributed by atoms with van der Waals surface area (Å²) in [6.45, 7) is 5.05. The number of nitrogens with two attached hydrogens (primary N) is 1. The Morgan fingerprint density at radius 2 is 1.90 bits per heavy atom. The monoisotopic (exact) mass is 315 g/mol. The average molecular weight is 316 g/mol. The summed E-state index contributed by atoms with van der Waals surface area (Å²) in [7, 11) is 0. The van der Waals surface area contributed by atoms with E-state index in [2.05, 4.69) is 13.8 Å². The summed E-state index contributed by atoms with van der Waals surface area (Å²) in [6.07, 6.45) is 2.92. The topological polar surface area (TPSA) is 43.1 Å². The molecule has 0 bridgehead atoms. The molecule has 1 rings (SSSR count). The molecule has 0 amide bonds. The first-order chi connectivity index (χ1) is 9.43. The summed E-state index contributed by atoms with van der Waals surface area (Å²) < 4.78 is 0. The van der Waals surface area contributed by atoms with Crippen LogP contribution >= 0.6 is 23.2 Å². The third kappa shape index (κ3) is 5.82. The zero-order valence-electron chi connectivity index (χ0n) is 12.2. The summed E-state index contributed by atoms with van der Waals surface area (Å²) >= 11 is 11.8. The predicted octanol–water partition coefficient (Wildman–Crippen LogP) is 4.51. The van der Waals surface area contributed by atoms with E-state index in [9.17, 15) is 4.79 Å². The van der Waals surface area contributed by atoms with Crippen LogP contribution in [-0.4, -0.2) is 12.3 Å². The molecule has 0 aliphatic carbocycles. The maximum absolute atomic E-state index is 12.0. The van der Waals surface area contributed by atoms with Gasteiger partial charge in [-0.25, -0.2) is 0 Å². The summed E-state index contributed by atoms with van der Waals surface area (Å²) in [4.78, 5) is 12.0. The number of Topliss-reactive ketones (excluding diaryl/α,β-unsaturated/α-hetero) is 1. The van der Waals surface area contributed by atoms with Gasteiger partial charge in [0.05, 0.1) is 10.0 Å². The van der Waals surface area contributed by atoms with Gasteiger partial charge in [-0.05, 0) is 48.9 Å². The molecule has 2 N–H and O–H groups in total. The molecule has 0 heterocycles. The van der Waals surface area contributed by atoms with E-state index >= 15 is 0 Å². The molecule has 0 aliphatic rings. The van der Waals surface area contributed by atoms with E-state index < -0.39 is 0 Å². The number of ketones is 1. The maximum Gasteiger partial charge on any atom is 0.137 e. The van der Waals surface area contributed by atoms with E-state index in [1.807, 2.05) is 6.07 Å². The van der Waals surface area contributed by atoms with Crippen LogP contribution in [0, 0.1) is 11.8 Å². The second-order valence-corrected chi connectivity index (χ2v) is 6.40. The van der Waals surface area contributed by atoms with Gasteiger partial charge in [-0.2, -0.15) is 0 Å². The largest absolute Gasteiger partial charge is 0.330 e. The third-order valence-corrected chi connectivity index (χ3v) is 4.40. The molecular weight excluding hydrogens is 293 g/mol. The maximum atomic E-state index is 12.0. The molecule has 4 heteroatoms. The summed E-state index contributed by atoms with van der Waals surface area (Å²) in [5.74, 6) is 1.33. The molecule has 1 unspecified atom stereocenters. The predicted molar refractivity (Wildman–Crippen MR) is 86.4 cm³/mol. The van der Waals surface area contributed by atoms with Crippen molar-refractivity contribution < 1.29 is 4.79 Å². The van der Waals surface area contributed by atoms with Crippen LogP contribution in [0.1, 0.15) is 38.7 Å². The Labute approximate surface area is 131 Å². The molecule has 0 saturated carbocycles. The van der Waals surface area contributed by atoms with Gasteiger partial charge in [0.2, 0.25) is 0 Å². The van der Waals surface area contributed by atoms with Gasteiger partial charge >= 0.3 is 0 Å². The average Bonchev–Trinajstić information content (AvgIpc) is 2.38. The van der Waals surface area contributed by atoms with Crippen molar-refractivity contribution in [3.05, 3.63) is 33.8 Å². The standard InChI is InChI=1S/C16H23Cl2NO/c1-11(2)13(7-8-19)4-5-14(20)9-12-3-6-15(17)16(18)10-12/h3,6,10-11,13H,4-5,7-9,19H2,1-2H3. The SMILES string of the molecule is CC(C)C(CCN)CCC(=O)Cc1ccc(Cl)c(Cl)c1. The zero-order chi connectivity index (χ0) is 15.1. The Kier molecular flexibility index (Phi) is 7.57. The number of carbonyl (C=O) groups excluding carboxylic acids is 1. The van der Waals surface area contributed by atoms with Gasteiger partial charge in [0, 0.05) is 12.8 Å². The Balaban J connectivity index is 2.48. The van der Waals surface area contributed by atoms with Crippen LogP contribution in [0.2, 0.25) is 10.0 Å². The van der Waals surface area contributed by atoms with Crippen LogP contribution in [0.5, 0.6) is 0 Å². The van der Waals surface area contributed by atoms with Crippen molar-refractivity contribution in [2.24, 2.45) is 17.6 Å². The zero-order valence-corrected chi connectivity index (χ0v) is 13.7. The minimum atomic E-state index is 0.242. The van der Waals surface area contributed by atoms with Crippen molar-refractivity contribution in [2.45, 2.75) is 39.5 Å². The molecule has 1 aromatic rings. The molecule has 112 valence electrons. The van der Waals surface area contributed by atoms with Gasteiger partial charge in [0.1, 0.15) is 5.78 Å². The molecule has 0 radical (unpaired) electrons. The molecule has 2 nitrogen and oxygen atoms in total. The Morgan fingerprint density at radius 1 is 1.20 bits per heavy atom. The van der Waals surface area contributed by atoms with Crippen molar-refractivity contribution in [3.8, 4) is 0 Å². The highest BCUT2D eigenvalue weighted by Crippen LogP contribution is 2.24. The number of rotatable bonds is 8. The molecule has 0 saturated heterocycles. The van der Waals surface area contributed by atoms with Crippen LogP contribution in [0.15, 0.2) is 18.2 Å². The van der Waals surface area contributed by atoms with Crippen LogP contribution < -0.4 is 5.73 Å². The van der Waals surface area contributed by atoms with Crippen LogP contribution in [-0.2, 0) is 11.2 Å². The fourth-order valence-corrected chi connectivity index (χ4v) is 2.66. The summed E-state index contributed by atoms with van der Waals surface area (Å²) in [5.41, 5.74) is 6.54. The highest BCUT2D eigenvalue weighted by atomic mass is 35.5. The molecule has 0 aromatic heterocycles. The first kappa shape index (κ1) is 17.5. The van der Waals surface area contributed by atoms with Gasteiger partial charge in [-0.15, -0.1) is 0 Å². The smallest absolute Gasteiger partial charge is 0.137 e. The lowest BCUT2D eigenvalue weighted by molar-refractivity contribution is -0.118. The van der Waals surface area contributed by atoms with E-state index in [-0.39, 0.29) is 5.78 Å². The van der Waals surface area contributed by atoms with Gasteiger partial charge in [-0.3, -0.25) is 4.79 Å². The fraction of sp³-hybridized carbons (Fsp3) is 0.562. The third-order valence-electron chi connectivity index (χ3n) is 3.66. The quantitative estimate of drug-likeness (QED) is 0.767. The van der Waals surface area contributed by atoms with Gasteiger partial charge < -0.3 is 5.73 Å². The normalized spacial score (nSPS) is 12.7. The van der Waals surface area contributed by atoms with Gasteiger partial charge in [-0.1, -0.05) is 43.1 Å². The van der Waals surface area contributed by atoms with E-state index in [1.165, 1.54) is 0 Å². The number of hydrogen-bond donors (Lipinski definition) is 1. The molecule has 0 fully saturated rings. The molecule has 1 atom stereocenters. The van der Waals surface area contributed by atoms with Crippen molar-refractivity contribution in [1.82, 2.24) is 0 Å². The van der Waals surface area contributed by atoms with Gasteiger partial charge in [0.15, 0.2) is 0 Å². The number of hydrogen-bond acceptors (Lipinski definition) is 2.